The second-order valence-electron chi connectivity index (χ2n) is 4.20. The lowest BCUT2D eigenvalue weighted by molar-refractivity contribution is -0.141. The van der Waals surface area contributed by atoms with Crippen LogP contribution in [-0.4, -0.2) is 50.7 Å². The van der Waals surface area contributed by atoms with Gasteiger partial charge in [-0.25, -0.2) is 9.78 Å². The van der Waals surface area contributed by atoms with Crippen molar-refractivity contribution in [2.45, 2.75) is 18.6 Å². The standard InChI is InChI=1S/C11H10Cl2N2O4/c12-7-1-5(3-14-9(7)13)10(17)15-4-6(16)2-8(15)11(18)19/h1,3,6,8,16H,2,4H2,(H,18,19)/t6-,8-/m1/s1. The van der Waals surface area contributed by atoms with E-state index in [2.05, 4.69) is 4.98 Å². The Morgan fingerprint density at radius 3 is 2.68 bits per heavy atom. The molecule has 2 N–H and O–H groups in total. The lowest BCUT2D eigenvalue weighted by Crippen LogP contribution is -2.40. The molecule has 0 aromatic carbocycles. The van der Waals surface area contributed by atoms with Crippen molar-refractivity contribution < 1.29 is 19.8 Å². The molecule has 102 valence electrons. The Kier molecular flexibility index (Phi) is 3.93. The molecule has 1 fully saturated rings. The van der Waals surface area contributed by atoms with E-state index >= 15 is 0 Å². The van der Waals surface area contributed by atoms with Gasteiger partial charge >= 0.3 is 5.97 Å². The Hall–Kier alpha value is -1.37. The molecule has 19 heavy (non-hydrogen) atoms. The maximum atomic E-state index is 12.2. The predicted octanol–water partition coefficient (Wildman–Crippen LogP) is 1.05. The van der Waals surface area contributed by atoms with Crippen LogP contribution in [0, 0.1) is 0 Å². The Morgan fingerprint density at radius 2 is 2.11 bits per heavy atom. The number of aliphatic hydroxyl groups is 1. The summed E-state index contributed by atoms with van der Waals surface area (Å²) in [5, 5.41) is 18.7. The van der Waals surface area contributed by atoms with Crippen molar-refractivity contribution in [3.8, 4) is 0 Å². The largest absolute Gasteiger partial charge is 0.480 e. The lowest BCUT2D eigenvalue weighted by atomic mass is 10.2. The van der Waals surface area contributed by atoms with E-state index < -0.39 is 24.0 Å². The molecule has 1 aromatic heterocycles. The van der Waals surface area contributed by atoms with Crippen molar-refractivity contribution in [3.05, 3.63) is 28.0 Å². The monoisotopic (exact) mass is 304 g/mol. The van der Waals surface area contributed by atoms with Gasteiger partial charge in [0, 0.05) is 19.2 Å². The molecule has 1 aliphatic heterocycles. The van der Waals surface area contributed by atoms with Crippen molar-refractivity contribution in [1.29, 1.82) is 0 Å². The predicted molar refractivity (Wildman–Crippen MR) is 67.3 cm³/mol. The highest BCUT2D eigenvalue weighted by molar-refractivity contribution is 6.41. The molecule has 0 bridgehead atoms. The van der Waals surface area contributed by atoms with Crippen molar-refractivity contribution in [1.82, 2.24) is 9.88 Å². The lowest BCUT2D eigenvalue weighted by Gasteiger charge is -2.21. The van der Waals surface area contributed by atoms with E-state index in [1.54, 1.807) is 0 Å². The van der Waals surface area contributed by atoms with E-state index in [0.29, 0.717) is 0 Å². The van der Waals surface area contributed by atoms with Crippen LogP contribution >= 0.6 is 23.2 Å². The fraction of sp³-hybridized carbons (Fsp3) is 0.364. The van der Waals surface area contributed by atoms with Crippen LogP contribution in [0.1, 0.15) is 16.8 Å². The van der Waals surface area contributed by atoms with Gasteiger partial charge in [0.25, 0.3) is 5.91 Å². The summed E-state index contributed by atoms with van der Waals surface area (Å²) in [4.78, 5) is 28.1. The van der Waals surface area contributed by atoms with Crippen LogP contribution in [-0.2, 0) is 4.79 Å². The number of rotatable bonds is 2. The Balaban J connectivity index is 2.27. The van der Waals surface area contributed by atoms with E-state index in [1.165, 1.54) is 12.3 Å². The highest BCUT2D eigenvalue weighted by Gasteiger charge is 2.39. The second-order valence-corrected chi connectivity index (χ2v) is 4.96. The van der Waals surface area contributed by atoms with Crippen LogP contribution < -0.4 is 0 Å². The molecular formula is C11H10Cl2N2O4. The summed E-state index contributed by atoms with van der Waals surface area (Å²) in [6.07, 6.45) is 0.386. The van der Waals surface area contributed by atoms with Crippen molar-refractivity contribution in [3.63, 3.8) is 0 Å². The zero-order valence-corrected chi connectivity index (χ0v) is 11.1. The molecule has 0 unspecified atom stereocenters. The van der Waals surface area contributed by atoms with Gasteiger partial charge in [-0.3, -0.25) is 4.79 Å². The summed E-state index contributed by atoms with van der Waals surface area (Å²) >= 11 is 11.4. The number of carbonyl (C=O) groups excluding carboxylic acids is 1. The zero-order chi connectivity index (χ0) is 14.2. The summed E-state index contributed by atoms with van der Waals surface area (Å²) in [6.45, 7) is -0.0317. The van der Waals surface area contributed by atoms with Crippen LogP contribution in [0.2, 0.25) is 10.2 Å². The number of carbonyl (C=O) groups is 2. The first-order valence-corrected chi connectivity index (χ1v) is 6.18. The number of hydrogen-bond acceptors (Lipinski definition) is 4. The number of likely N-dealkylation sites (tertiary alicyclic amines) is 1. The number of aromatic nitrogens is 1. The van der Waals surface area contributed by atoms with Crippen LogP contribution in [0.4, 0.5) is 0 Å². The number of nitrogens with zero attached hydrogens (tertiary/aromatic N) is 2. The molecule has 0 aliphatic carbocycles. The minimum Gasteiger partial charge on any atom is -0.480 e. The Morgan fingerprint density at radius 1 is 1.42 bits per heavy atom. The molecule has 0 spiro atoms. The smallest absolute Gasteiger partial charge is 0.326 e. The number of halogens is 2. The third-order valence-electron chi connectivity index (χ3n) is 2.87. The average molecular weight is 305 g/mol. The maximum absolute atomic E-state index is 12.2. The van der Waals surface area contributed by atoms with Gasteiger partial charge in [0.15, 0.2) is 0 Å². The molecule has 1 aliphatic rings. The molecule has 8 heteroatoms. The van der Waals surface area contributed by atoms with E-state index in [9.17, 15) is 14.7 Å². The van der Waals surface area contributed by atoms with Crippen LogP contribution in [0.3, 0.4) is 0 Å². The van der Waals surface area contributed by atoms with Gasteiger partial charge in [0.1, 0.15) is 11.2 Å². The molecule has 2 heterocycles. The topological polar surface area (TPSA) is 90.7 Å². The summed E-state index contributed by atoms with van der Waals surface area (Å²) in [6, 6.07) is 0.278. The molecule has 2 rings (SSSR count). The average Bonchev–Trinajstić information content (AvgIpc) is 2.74. The fourth-order valence-electron chi connectivity index (χ4n) is 1.98. The van der Waals surface area contributed by atoms with E-state index in [-0.39, 0.29) is 28.7 Å². The first kappa shape index (κ1) is 14.0. The number of aliphatic carboxylic acids is 1. The van der Waals surface area contributed by atoms with Gasteiger partial charge in [-0.15, -0.1) is 0 Å². The van der Waals surface area contributed by atoms with E-state index in [4.69, 9.17) is 28.3 Å². The number of carboxylic acid groups (broad SMARTS) is 1. The molecular weight excluding hydrogens is 295 g/mol. The molecule has 0 radical (unpaired) electrons. The summed E-state index contributed by atoms with van der Waals surface area (Å²) in [7, 11) is 0. The molecule has 1 saturated heterocycles. The Labute approximate surface area is 118 Å². The van der Waals surface area contributed by atoms with Crippen molar-refractivity contribution in [2.75, 3.05) is 6.54 Å². The number of amides is 1. The molecule has 2 atom stereocenters. The number of hydrogen-bond donors (Lipinski definition) is 2. The van der Waals surface area contributed by atoms with Gasteiger partial charge in [-0.1, -0.05) is 23.2 Å². The van der Waals surface area contributed by atoms with Gasteiger partial charge in [0.05, 0.1) is 16.7 Å². The SMILES string of the molecule is O=C(O)[C@H]1C[C@@H](O)CN1C(=O)c1cnc(Cl)c(Cl)c1. The van der Waals surface area contributed by atoms with Crippen molar-refractivity contribution >= 4 is 35.1 Å². The van der Waals surface area contributed by atoms with Gasteiger partial charge in [0.2, 0.25) is 0 Å². The maximum Gasteiger partial charge on any atom is 0.326 e. The first-order valence-electron chi connectivity index (χ1n) is 5.43. The quantitative estimate of drug-likeness (QED) is 0.797. The number of β-amino-alcohol motifs (C(OH)–C–C–N with tert-alkyl or cyclic N) is 1. The Bertz CT molecular complexity index is 537. The van der Waals surface area contributed by atoms with Crippen LogP contribution in [0.15, 0.2) is 12.3 Å². The van der Waals surface area contributed by atoms with E-state index in [0.717, 1.165) is 4.90 Å². The minimum atomic E-state index is -1.15. The molecule has 1 aromatic rings. The second kappa shape index (κ2) is 5.32. The van der Waals surface area contributed by atoms with E-state index in [1.807, 2.05) is 0 Å². The van der Waals surface area contributed by atoms with Crippen LogP contribution in [0.25, 0.3) is 0 Å². The number of aliphatic hydroxyl groups excluding tert-OH is 1. The highest BCUT2D eigenvalue weighted by Crippen LogP contribution is 2.24. The molecule has 1 amide bonds. The van der Waals surface area contributed by atoms with Gasteiger partial charge in [-0.05, 0) is 6.07 Å². The van der Waals surface area contributed by atoms with Crippen LogP contribution in [0.5, 0.6) is 0 Å². The fourth-order valence-corrected chi connectivity index (χ4v) is 2.25. The zero-order valence-electron chi connectivity index (χ0n) is 9.58. The summed E-state index contributed by atoms with van der Waals surface area (Å²) in [5.41, 5.74) is 0.134. The highest BCUT2D eigenvalue weighted by atomic mass is 35.5. The normalized spacial score (nSPS) is 22.6. The third kappa shape index (κ3) is 2.80. The third-order valence-corrected chi connectivity index (χ3v) is 3.55. The summed E-state index contributed by atoms with van der Waals surface area (Å²) in [5.74, 6) is -1.70. The van der Waals surface area contributed by atoms with Gasteiger partial charge in [-0.2, -0.15) is 0 Å². The first-order chi connectivity index (χ1) is 8.90. The van der Waals surface area contributed by atoms with Gasteiger partial charge < -0.3 is 15.1 Å². The minimum absolute atomic E-state index is 0.00975. The number of carboxylic acids is 1. The molecule has 0 saturated carbocycles. The summed E-state index contributed by atoms with van der Waals surface area (Å²) < 4.78 is 0. The van der Waals surface area contributed by atoms with Crippen molar-refractivity contribution in [2.24, 2.45) is 0 Å². The number of pyridine rings is 1. The molecule has 6 nitrogen and oxygen atoms in total.